The number of alkyl halides is 1. The summed E-state index contributed by atoms with van der Waals surface area (Å²) < 4.78 is 14.2. The van der Waals surface area contributed by atoms with Crippen LogP contribution < -0.4 is 10.9 Å². The highest BCUT2D eigenvalue weighted by molar-refractivity contribution is 5.88. The summed E-state index contributed by atoms with van der Waals surface area (Å²) in [6, 6.07) is 0. The summed E-state index contributed by atoms with van der Waals surface area (Å²) in [4.78, 5) is 39.7. The van der Waals surface area contributed by atoms with E-state index in [0.29, 0.717) is 0 Å². The van der Waals surface area contributed by atoms with Gasteiger partial charge in [0.15, 0.2) is 5.69 Å². The van der Waals surface area contributed by atoms with Gasteiger partial charge in [-0.15, -0.1) is 0 Å². The van der Waals surface area contributed by atoms with Crippen molar-refractivity contribution in [1.29, 1.82) is 0 Å². The first-order valence-electron chi connectivity index (χ1n) is 8.00. The maximum absolute atomic E-state index is 14.2. The Morgan fingerprint density at radius 1 is 1.23 bits per heavy atom. The minimum atomic E-state index is -1.89. The van der Waals surface area contributed by atoms with Crippen LogP contribution in [0, 0.1) is 0 Å². The van der Waals surface area contributed by atoms with Crippen LogP contribution in [0.25, 0.3) is 0 Å². The first-order chi connectivity index (χ1) is 12.1. The van der Waals surface area contributed by atoms with E-state index < -0.39 is 46.9 Å². The maximum atomic E-state index is 14.2. The summed E-state index contributed by atoms with van der Waals surface area (Å²) in [6.07, 6.45) is -2.25. The Morgan fingerprint density at radius 3 is 2.19 bits per heavy atom. The van der Waals surface area contributed by atoms with Crippen LogP contribution in [0.2, 0.25) is 0 Å². The molecule has 6 N–H and O–H groups in total. The molecule has 1 saturated carbocycles. The number of aromatic nitrogens is 2. The van der Waals surface area contributed by atoms with Gasteiger partial charge < -0.3 is 30.7 Å². The standard InChI is InChI=1S/C13H16FN3O7.C2H6/c14-12(5-18)1-3-13(4-2-12,17-11(23)24)10-15-6(9(21)22)7(19)8(20)16-10;1-2/h17-19H,1-5H2,(H,21,22)(H,23,24)(H,15,16,20);1-2H3. The van der Waals surface area contributed by atoms with E-state index in [0.717, 1.165) is 0 Å². The van der Waals surface area contributed by atoms with E-state index >= 15 is 0 Å². The molecular weight excluding hydrogens is 353 g/mol. The van der Waals surface area contributed by atoms with Crippen molar-refractivity contribution in [2.75, 3.05) is 6.61 Å². The van der Waals surface area contributed by atoms with Gasteiger partial charge in [-0.05, 0) is 25.7 Å². The van der Waals surface area contributed by atoms with Crippen molar-refractivity contribution in [3.63, 3.8) is 0 Å². The van der Waals surface area contributed by atoms with Gasteiger partial charge in [-0.25, -0.2) is 19.0 Å². The third kappa shape index (κ3) is 4.28. The fourth-order valence-electron chi connectivity index (χ4n) is 2.75. The van der Waals surface area contributed by atoms with E-state index in [1.165, 1.54) is 0 Å². The molecule has 0 unspecified atom stereocenters. The summed E-state index contributed by atoms with van der Waals surface area (Å²) in [5.74, 6) is -3.11. The van der Waals surface area contributed by atoms with Crippen molar-refractivity contribution in [3.05, 3.63) is 21.9 Å². The van der Waals surface area contributed by atoms with Crippen LogP contribution in [0.1, 0.15) is 55.8 Å². The quantitative estimate of drug-likeness (QED) is 0.451. The number of H-pyrrole nitrogens is 1. The third-order valence-electron chi connectivity index (χ3n) is 4.18. The number of halogens is 1. The molecule has 0 aromatic carbocycles. The van der Waals surface area contributed by atoms with Crippen LogP contribution >= 0.6 is 0 Å². The van der Waals surface area contributed by atoms with Crippen molar-refractivity contribution in [2.45, 2.75) is 50.7 Å². The Kier molecular flexibility index (Phi) is 6.67. The van der Waals surface area contributed by atoms with Gasteiger partial charge in [-0.1, -0.05) is 13.8 Å². The van der Waals surface area contributed by atoms with E-state index in [2.05, 4.69) is 15.3 Å². The average Bonchev–Trinajstić information content (AvgIpc) is 2.60. The number of aliphatic hydroxyl groups is 1. The summed E-state index contributed by atoms with van der Waals surface area (Å²) >= 11 is 0. The second kappa shape index (κ2) is 8.13. The van der Waals surface area contributed by atoms with Crippen molar-refractivity contribution in [3.8, 4) is 5.75 Å². The van der Waals surface area contributed by atoms with Crippen LogP contribution in [0.4, 0.5) is 9.18 Å². The van der Waals surface area contributed by atoms with Crippen LogP contribution in [0.5, 0.6) is 5.75 Å². The van der Waals surface area contributed by atoms with E-state index in [-0.39, 0.29) is 31.5 Å². The van der Waals surface area contributed by atoms with Gasteiger partial charge in [-0.3, -0.25) is 4.79 Å². The Morgan fingerprint density at radius 2 is 1.77 bits per heavy atom. The van der Waals surface area contributed by atoms with E-state index in [1.807, 2.05) is 13.8 Å². The van der Waals surface area contributed by atoms with Gasteiger partial charge in [-0.2, -0.15) is 0 Å². The highest BCUT2D eigenvalue weighted by atomic mass is 19.1. The average molecular weight is 375 g/mol. The van der Waals surface area contributed by atoms with Crippen molar-refractivity contribution in [2.24, 2.45) is 0 Å². The fraction of sp³-hybridized carbons (Fsp3) is 0.600. The summed E-state index contributed by atoms with van der Waals surface area (Å²) in [5.41, 5.74) is -5.51. The van der Waals surface area contributed by atoms with Gasteiger partial charge in [0.25, 0.3) is 5.56 Å². The van der Waals surface area contributed by atoms with Gasteiger partial charge in [0.1, 0.15) is 17.0 Å². The molecule has 0 saturated heterocycles. The lowest BCUT2D eigenvalue weighted by Gasteiger charge is -2.41. The SMILES string of the molecule is CC.O=C(O)NC1(c2nc(C(=O)O)c(O)c(=O)[nH]2)CCC(F)(CO)CC1. The molecule has 1 aliphatic rings. The normalized spacial score (nSPS) is 24.9. The molecule has 0 bridgehead atoms. The zero-order valence-corrected chi connectivity index (χ0v) is 14.4. The smallest absolute Gasteiger partial charge is 0.405 e. The van der Waals surface area contributed by atoms with Gasteiger partial charge >= 0.3 is 12.1 Å². The molecule has 1 aromatic heterocycles. The summed E-state index contributed by atoms with van der Waals surface area (Å²) in [5, 5.41) is 38.7. The topological polar surface area (TPSA) is 173 Å². The molecule has 11 heteroatoms. The van der Waals surface area contributed by atoms with Gasteiger partial charge in [0, 0.05) is 0 Å². The largest absolute Gasteiger partial charge is 0.501 e. The zero-order valence-electron chi connectivity index (χ0n) is 14.4. The number of aromatic hydroxyl groups is 1. The predicted molar refractivity (Wildman–Crippen MR) is 87.1 cm³/mol. The lowest BCUT2D eigenvalue weighted by atomic mass is 9.74. The van der Waals surface area contributed by atoms with E-state index in [1.54, 1.807) is 0 Å². The highest BCUT2D eigenvalue weighted by Crippen LogP contribution is 2.42. The van der Waals surface area contributed by atoms with Crippen molar-refractivity contribution in [1.82, 2.24) is 15.3 Å². The van der Waals surface area contributed by atoms with Gasteiger partial charge in [0.2, 0.25) is 5.75 Å². The molecule has 1 aliphatic carbocycles. The van der Waals surface area contributed by atoms with Crippen molar-refractivity contribution < 1.29 is 34.4 Å². The monoisotopic (exact) mass is 375 g/mol. The minimum Gasteiger partial charge on any atom is -0.501 e. The number of hydrogen-bond acceptors (Lipinski definition) is 6. The molecule has 1 aromatic rings. The number of carboxylic acid groups (broad SMARTS) is 2. The molecule has 1 fully saturated rings. The number of aliphatic hydroxyl groups excluding tert-OH is 1. The third-order valence-corrected chi connectivity index (χ3v) is 4.18. The molecule has 1 heterocycles. The zero-order chi connectivity index (χ0) is 20.1. The lowest BCUT2D eigenvalue weighted by Crippen LogP contribution is -2.52. The molecule has 1 amide bonds. The lowest BCUT2D eigenvalue weighted by molar-refractivity contribution is 0.00635. The molecule has 26 heavy (non-hydrogen) atoms. The molecule has 0 spiro atoms. The molecule has 10 nitrogen and oxygen atoms in total. The number of hydrogen-bond donors (Lipinski definition) is 6. The molecular formula is C15H22FN3O7. The van der Waals surface area contributed by atoms with Crippen LogP contribution in [-0.4, -0.2) is 54.7 Å². The van der Waals surface area contributed by atoms with Crippen LogP contribution in [0.3, 0.4) is 0 Å². The number of aromatic carboxylic acids is 1. The Bertz CT molecular complexity index is 726. The Hall–Kier alpha value is -2.69. The number of nitrogens with zero attached hydrogens (tertiary/aromatic N) is 1. The van der Waals surface area contributed by atoms with E-state index in [9.17, 15) is 23.9 Å². The molecule has 2 rings (SSSR count). The first kappa shape index (κ1) is 21.4. The fourth-order valence-corrected chi connectivity index (χ4v) is 2.75. The molecule has 0 aliphatic heterocycles. The Balaban J connectivity index is 0.00000163. The first-order valence-corrected chi connectivity index (χ1v) is 8.00. The number of aromatic amines is 1. The maximum Gasteiger partial charge on any atom is 0.405 e. The second-order valence-electron chi connectivity index (χ2n) is 5.74. The number of amides is 1. The summed E-state index contributed by atoms with van der Waals surface area (Å²) in [6.45, 7) is 3.26. The number of rotatable bonds is 4. The second-order valence-corrected chi connectivity index (χ2v) is 5.74. The van der Waals surface area contributed by atoms with Crippen LogP contribution in [0.15, 0.2) is 4.79 Å². The van der Waals surface area contributed by atoms with E-state index in [4.69, 9.17) is 15.3 Å². The molecule has 0 atom stereocenters. The summed E-state index contributed by atoms with van der Waals surface area (Å²) in [7, 11) is 0. The highest BCUT2D eigenvalue weighted by Gasteiger charge is 2.47. The van der Waals surface area contributed by atoms with Crippen LogP contribution in [-0.2, 0) is 5.54 Å². The Labute approximate surface area is 147 Å². The van der Waals surface area contributed by atoms with Gasteiger partial charge in [0.05, 0.1) is 6.61 Å². The number of carbonyl (C=O) groups is 2. The number of carboxylic acids is 1. The predicted octanol–water partition coefficient (Wildman–Crippen LogP) is 0.937. The number of nitrogens with one attached hydrogen (secondary N) is 2. The molecule has 146 valence electrons. The minimum absolute atomic E-state index is 0.164. The van der Waals surface area contributed by atoms with Crippen molar-refractivity contribution >= 4 is 12.1 Å². The molecule has 0 radical (unpaired) electrons.